The van der Waals surface area contributed by atoms with E-state index in [1.165, 1.54) is 0 Å². The molecule has 0 heterocycles. The van der Waals surface area contributed by atoms with Crippen LogP contribution in [-0.4, -0.2) is 25.2 Å². The van der Waals surface area contributed by atoms with Gasteiger partial charge in [-0.25, -0.2) is 0 Å². The zero-order valence-electron chi connectivity index (χ0n) is 10.7. The molecule has 0 saturated heterocycles. The van der Waals surface area contributed by atoms with Crippen LogP contribution in [0.2, 0.25) is 0 Å². The SMILES string of the molecule is C[C@H](CCCCN)Nc1cc(C=O)ccc1C=O. The first-order chi connectivity index (χ1) is 8.71. The van der Waals surface area contributed by atoms with Gasteiger partial charge in [0.25, 0.3) is 0 Å². The number of carbonyl (C=O) groups excluding carboxylic acids is 2. The Kier molecular flexibility index (Phi) is 6.08. The summed E-state index contributed by atoms with van der Waals surface area (Å²) in [6.07, 6.45) is 4.61. The molecule has 1 aromatic carbocycles. The van der Waals surface area contributed by atoms with Gasteiger partial charge < -0.3 is 11.1 Å². The van der Waals surface area contributed by atoms with Crippen LogP contribution < -0.4 is 11.1 Å². The van der Waals surface area contributed by atoms with E-state index in [9.17, 15) is 9.59 Å². The van der Waals surface area contributed by atoms with Crippen LogP contribution in [-0.2, 0) is 0 Å². The Morgan fingerprint density at radius 3 is 2.67 bits per heavy atom. The molecule has 0 aliphatic carbocycles. The van der Waals surface area contributed by atoms with Gasteiger partial charge in [-0.05, 0) is 38.4 Å². The van der Waals surface area contributed by atoms with Crippen LogP contribution >= 0.6 is 0 Å². The van der Waals surface area contributed by atoms with Crippen molar-refractivity contribution in [2.24, 2.45) is 5.73 Å². The Bertz CT molecular complexity index is 405. The van der Waals surface area contributed by atoms with Gasteiger partial charge in [0, 0.05) is 22.9 Å². The number of rotatable bonds is 8. The average molecular weight is 248 g/mol. The standard InChI is InChI=1S/C14H20N2O2/c1-11(4-2-3-7-15)16-14-8-12(9-17)5-6-13(14)10-18/h5-6,8-11,16H,2-4,7,15H2,1H3/t11-/m1/s1. The van der Waals surface area contributed by atoms with Gasteiger partial charge in [-0.2, -0.15) is 0 Å². The zero-order chi connectivity index (χ0) is 13.4. The van der Waals surface area contributed by atoms with Gasteiger partial charge in [-0.3, -0.25) is 9.59 Å². The molecule has 1 atom stereocenters. The molecule has 0 aliphatic rings. The number of nitrogens with two attached hydrogens (primary N) is 1. The van der Waals surface area contributed by atoms with E-state index in [-0.39, 0.29) is 6.04 Å². The molecule has 0 unspecified atom stereocenters. The third-order valence-electron chi connectivity index (χ3n) is 2.83. The molecule has 0 fully saturated rings. The van der Waals surface area contributed by atoms with Gasteiger partial charge in [0.1, 0.15) is 6.29 Å². The topological polar surface area (TPSA) is 72.2 Å². The monoisotopic (exact) mass is 248 g/mol. The molecule has 0 radical (unpaired) electrons. The van der Waals surface area contributed by atoms with Crippen molar-refractivity contribution >= 4 is 18.3 Å². The summed E-state index contributed by atoms with van der Waals surface area (Å²) >= 11 is 0. The van der Waals surface area contributed by atoms with Gasteiger partial charge in [-0.15, -0.1) is 0 Å². The van der Waals surface area contributed by atoms with Gasteiger partial charge in [0.05, 0.1) is 0 Å². The highest BCUT2D eigenvalue weighted by molar-refractivity contribution is 5.88. The molecule has 1 aromatic rings. The van der Waals surface area contributed by atoms with Crippen molar-refractivity contribution in [1.82, 2.24) is 0 Å². The quantitative estimate of drug-likeness (QED) is 0.546. The fourth-order valence-corrected chi connectivity index (χ4v) is 1.81. The molecule has 98 valence electrons. The van der Waals surface area contributed by atoms with E-state index in [1.807, 2.05) is 0 Å². The number of nitrogens with one attached hydrogen (secondary N) is 1. The minimum atomic E-state index is 0.247. The maximum Gasteiger partial charge on any atom is 0.152 e. The minimum Gasteiger partial charge on any atom is -0.382 e. The van der Waals surface area contributed by atoms with Gasteiger partial charge in [-0.1, -0.05) is 12.5 Å². The normalized spacial score (nSPS) is 11.9. The van der Waals surface area contributed by atoms with Crippen molar-refractivity contribution in [3.63, 3.8) is 0 Å². The zero-order valence-corrected chi connectivity index (χ0v) is 10.7. The first-order valence-electron chi connectivity index (χ1n) is 6.22. The fraction of sp³-hybridized carbons (Fsp3) is 0.429. The molecule has 0 aromatic heterocycles. The second-order valence-corrected chi connectivity index (χ2v) is 4.41. The van der Waals surface area contributed by atoms with Gasteiger partial charge >= 0.3 is 0 Å². The maximum absolute atomic E-state index is 10.9. The lowest BCUT2D eigenvalue weighted by molar-refractivity contribution is 0.111. The second kappa shape index (κ2) is 7.61. The predicted octanol–water partition coefficient (Wildman–Crippen LogP) is 2.24. The van der Waals surface area contributed by atoms with Crippen LogP contribution in [0.15, 0.2) is 18.2 Å². The lowest BCUT2D eigenvalue weighted by atomic mass is 10.1. The third kappa shape index (κ3) is 4.30. The van der Waals surface area contributed by atoms with Crippen LogP contribution in [0.25, 0.3) is 0 Å². The summed E-state index contributed by atoms with van der Waals surface area (Å²) in [5, 5.41) is 3.26. The third-order valence-corrected chi connectivity index (χ3v) is 2.83. The molecule has 0 saturated carbocycles. The smallest absolute Gasteiger partial charge is 0.152 e. The lowest BCUT2D eigenvalue weighted by Gasteiger charge is -2.16. The second-order valence-electron chi connectivity index (χ2n) is 4.41. The summed E-state index contributed by atoms with van der Waals surface area (Å²) in [5.41, 5.74) is 7.30. The van der Waals surface area contributed by atoms with E-state index >= 15 is 0 Å². The maximum atomic E-state index is 10.9. The highest BCUT2D eigenvalue weighted by Gasteiger charge is 2.07. The predicted molar refractivity (Wildman–Crippen MR) is 73.2 cm³/mol. The van der Waals surface area contributed by atoms with Crippen LogP contribution in [0, 0.1) is 0 Å². The van der Waals surface area contributed by atoms with E-state index in [0.29, 0.717) is 17.7 Å². The highest BCUT2D eigenvalue weighted by Crippen LogP contribution is 2.17. The van der Waals surface area contributed by atoms with Crippen molar-refractivity contribution in [2.75, 3.05) is 11.9 Å². The van der Waals surface area contributed by atoms with E-state index in [2.05, 4.69) is 12.2 Å². The van der Waals surface area contributed by atoms with Crippen LogP contribution in [0.1, 0.15) is 46.9 Å². The van der Waals surface area contributed by atoms with E-state index in [1.54, 1.807) is 18.2 Å². The molecular formula is C14H20N2O2. The average Bonchev–Trinajstić information content (AvgIpc) is 2.39. The van der Waals surface area contributed by atoms with Crippen LogP contribution in [0.4, 0.5) is 5.69 Å². The Balaban J connectivity index is 2.69. The summed E-state index contributed by atoms with van der Waals surface area (Å²) < 4.78 is 0. The summed E-state index contributed by atoms with van der Waals surface area (Å²) in [5.74, 6) is 0. The molecule has 0 spiro atoms. The lowest BCUT2D eigenvalue weighted by Crippen LogP contribution is -2.16. The molecule has 1 rings (SSSR count). The number of benzene rings is 1. The van der Waals surface area contributed by atoms with Crippen molar-refractivity contribution in [2.45, 2.75) is 32.2 Å². The van der Waals surface area contributed by atoms with E-state index in [4.69, 9.17) is 5.73 Å². The number of hydrogen-bond donors (Lipinski definition) is 2. The number of unbranched alkanes of at least 4 members (excludes halogenated alkanes) is 1. The van der Waals surface area contributed by atoms with Crippen LogP contribution in [0.5, 0.6) is 0 Å². The Labute approximate surface area is 108 Å². The summed E-state index contributed by atoms with van der Waals surface area (Å²) in [6.45, 7) is 2.76. The fourth-order valence-electron chi connectivity index (χ4n) is 1.81. The Hall–Kier alpha value is -1.68. The molecule has 0 bridgehead atoms. The summed E-state index contributed by atoms with van der Waals surface area (Å²) in [4.78, 5) is 21.6. The first kappa shape index (κ1) is 14.4. The Morgan fingerprint density at radius 1 is 1.28 bits per heavy atom. The number of aldehydes is 2. The van der Waals surface area contributed by atoms with Crippen molar-refractivity contribution in [1.29, 1.82) is 0 Å². The molecule has 4 heteroatoms. The van der Waals surface area contributed by atoms with Crippen molar-refractivity contribution in [3.8, 4) is 0 Å². The van der Waals surface area contributed by atoms with E-state index < -0.39 is 0 Å². The molecule has 0 amide bonds. The number of carbonyl (C=O) groups is 2. The number of anilines is 1. The molecule has 18 heavy (non-hydrogen) atoms. The van der Waals surface area contributed by atoms with Crippen LogP contribution in [0.3, 0.4) is 0 Å². The molecule has 3 N–H and O–H groups in total. The summed E-state index contributed by atoms with van der Waals surface area (Å²) in [7, 11) is 0. The minimum absolute atomic E-state index is 0.247. The van der Waals surface area contributed by atoms with Gasteiger partial charge in [0.15, 0.2) is 6.29 Å². The molecular weight excluding hydrogens is 228 g/mol. The first-order valence-corrected chi connectivity index (χ1v) is 6.22. The van der Waals surface area contributed by atoms with Crippen molar-refractivity contribution in [3.05, 3.63) is 29.3 Å². The highest BCUT2D eigenvalue weighted by atomic mass is 16.1. The largest absolute Gasteiger partial charge is 0.382 e. The molecule has 0 aliphatic heterocycles. The number of hydrogen-bond acceptors (Lipinski definition) is 4. The molecule has 4 nitrogen and oxygen atoms in total. The Morgan fingerprint density at radius 2 is 2.06 bits per heavy atom. The van der Waals surface area contributed by atoms with Crippen molar-refractivity contribution < 1.29 is 9.59 Å². The van der Waals surface area contributed by atoms with Gasteiger partial charge in [0.2, 0.25) is 0 Å². The summed E-state index contributed by atoms with van der Waals surface area (Å²) in [6, 6.07) is 5.25. The van der Waals surface area contributed by atoms with E-state index in [0.717, 1.165) is 37.5 Å².